The molecular formula is C13H7ClF3N3. The normalized spacial score (nSPS) is 11.2. The van der Waals surface area contributed by atoms with Crippen molar-refractivity contribution in [3.05, 3.63) is 52.8 Å². The SMILES string of the molecule is Nc1nc2cccc(Cl)c2n1-c1c(F)cc(F)cc1F. The Labute approximate surface area is 116 Å². The summed E-state index contributed by atoms with van der Waals surface area (Å²) in [5.41, 5.74) is 5.83. The lowest BCUT2D eigenvalue weighted by molar-refractivity contribution is 0.536. The van der Waals surface area contributed by atoms with Crippen molar-refractivity contribution in [2.24, 2.45) is 0 Å². The highest BCUT2D eigenvalue weighted by molar-refractivity contribution is 6.35. The predicted molar refractivity (Wildman–Crippen MR) is 70.4 cm³/mol. The molecule has 0 amide bonds. The zero-order chi connectivity index (χ0) is 14.4. The highest BCUT2D eigenvalue weighted by atomic mass is 35.5. The summed E-state index contributed by atoms with van der Waals surface area (Å²) in [5.74, 6) is -3.34. The molecule has 3 nitrogen and oxygen atoms in total. The average molecular weight is 298 g/mol. The van der Waals surface area contributed by atoms with Crippen LogP contribution in [-0.2, 0) is 0 Å². The van der Waals surface area contributed by atoms with Crippen LogP contribution in [0.1, 0.15) is 0 Å². The minimum absolute atomic E-state index is 0.141. The number of nitrogens with zero attached hydrogens (tertiary/aromatic N) is 2. The van der Waals surface area contributed by atoms with Crippen LogP contribution in [-0.4, -0.2) is 9.55 Å². The van der Waals surface area contributed by atoms with E-state index in [1.165, 1.54) is 0 Å². The molecule has 0 fully saturated rings. The standard InChI is InChI=1S/C13H7ClF3N3/c14-7-2-1-3-10-11(7)20(13(18)19-10)12-8(16)4-6(15)5-9(12)17/h1-5H,(H2,18,19). The summed E-state index contributed by atoms with van der Waals surface area (Å²) in [5, 5.41) is 0.231. The minimum Gasteiger partial charge on any atom is -0.369 e. The van der Waals surface area contributed by atoms with E-state index in [0.717, 1.165) is 4.57 Å². The molecule has 0 spiro atoms. The average Bonchev–Trinajstić information content (AvgIpc) is 2.66. The summed E-state index contributed by atoms with van der Waals surface area (Å²) in [6.07, 6.45) is 0. The Hall–Kier alpha value is -2.21. The molecule has 0 radical (unpaired) electrons. The Morgan fingerprint density at radius 2 is 1.75 bits per heavy atom. The van der Waals surface area contributed by atoms with Crippen molar-refractivity contribution in [1.29, 1.82) is 0 Å². The zero-order valence-electron chi connectivity index (χ0n) is 9.87. The molecule has 3 aromatic rings. The highest BCUT2D eigenvalue weighted by Gasteiger charge is 2.20. The van der Waals surface area contributed by atoms with Gasteiger partial charge in [-0.1, -0.05) is 17.7 Å². The Bertz CT molecular complexity index is 806. The van der Waals surface area contributed by atoms with Crippen LogP contribution in [0.2, 0.25) is 5.02 Å². The van der Waals surface area contributed by atoms with Crippen molar-refractivity contribution >= 4 is 28.6 Å². The number of anilines is 1. The number of aromatic nitrogens is 2. The molecule has 1 aromatic heterocycles. The third kappa shape index (κ3) is 1.80. The van der Waals surface area contributed by atoms with Crippen molar-refractivity contribution in [3.8, 4) is 5.69 Å². The molecule has 0 aliphatic heterocycles. The molecule has 20 heavy (non-hydrogen) atoms. The lowest BCUT2D eigenvalue weighted by Crippen LogP contribution is -2.06. The number of benzene rings is 2. The van der Waals surface area contributed by atoms with Gasteiger partial charge in [-0.3, -0.25) is 4.57 Å². The minimum atomic E-state index is -1.09. The van der Waals surface area contributed by atoms with Crippen LogP contribution in [0.3, 0.4) is 0 Å². The maximum atomic E-state index is 13.9. The summed E-state index contributed by atoms with van der Waals surface area (Å²) in [4.78, 5) is 3.98. The first-order valence-corrected chi connectivity index (χ1v) is 5.94. The van der Waals surface area contributed by atoms with Crippen LogP contribution in [0.4, 0.5) is 19.1 Å². The third-order valence-corrected chi connectivity index (χ3v) is 3.16. The zero-order valence-corrected chi connectivity index (χ0v) is 10.6. The molecule has 0 unspecified atom stereocenters. The second-order valence-electron chi connectivity index (χ2n) is 4.13. The molecule has 0 saturated heterocycles. The van der Waals surface area contributed by atoms with Crippen molar-refractivity contribution in [2.45, 2.75) is 0 Å². The Kier molecular flexibility index (Phi) is 2.83. The molecule has 0 bridgehead atoms. The Morgan fingerprint density at radius 3 is 2.40 bits per heavy atom. The number of nitrogens with two attached hydrogens (primary N) is 1. The number of imidazole rings is 1. The van der Waals surface area contributed by atoms with Gasteiger partial charge >= 0.3 is 0 Å². The number of hydrogen-bond donors (Lipinski definition) is 1. The number of para-hydroxylation sites is 1. The lowest BCUT2D eigenvalue weighted by Gasteiger charge is -2.10. The number of hydrogen-bond acceptors (Lipinski definition) is 2. The first-order chi connectivity index (χ1) is 9.49. The topological polar surface area (TPSA) is 43.8 Å². The molecule has 0 saturated carbocycles. The van der Waals surface area contributed by atoms with E-state index in [0.29, 0.717) is 17.6 Å². The molecule has 0 aliphatic carbocycles. The van der Waals surface area contributed by atoms with Crippen LogP contribution < -0.4 is 5.73 Å². The Morgan fingerprint density at radius 1 is 1.10 bits per heavy atom. The second kappa shape index (κ2) is 4.42. The van der Waals surface area contributed by atoms with Gasteiger partial charge in [0.15, 0.2) is 11.6 Å². The molecule has 2 aromatic carbocycles. The van der Waals surface area contributed by atoms with Gasteiger partial charge < -0.3 is 5.73 Å². The van der Waals surface area contributed by atoms with Gasteiger partial charge in [-0.15, -0.1) is 0 Å². The highest BCUT2D eigenvalue weighted by Crippen LogP contribution is 2.31. The number of fused-ring (bicyclic) bond motifs is 1. The molecular weight excluding hydrogens is 291 g/mol. The van der Waals surface area contributed by atoms with Gasteiger partial charge in [-0.05, 0) is 12.1 Å². The van der Waals surface area contributed by atoms with Crippen molar-refractivity contribution in [1.82, 2.24) is 9.55 Å². The molecule has 102 valence electrons. The van der Waals surface area contributed by atoms with E-state index in [1.807, 2.05) is 0 Å². The largest absolute Gasteiger partial charge is 0.369 e. The fourth-order valence-corrected chi connectivity index (χ4v) is 2.33. The molecule has 0 atom stereocenters. The third-order valence-electron chi connectivity index (χ3n) is 2.86. The predicted octanol–water partition coefficient (Wildman–Crippen LogP) is 3.68. The summed E-state index contributed by atoms with van der Waals surface area (Å²) >= 11 is 6.03. The second-order valence-corrected chi connectivity index (χ2v) is 4.54. The van der Waals surface area contributed by atoms with Crippen molar-refractivity contribution in [3.63, 3.8) is 0 Å². The van der Waals surface area contributed by atoms with Gasteiger partial charge in [0.2, 0.25) is 5.95 Å². The monoisotopic (exact) mass is 297 g/mol. The fourth-order valence-electron chi connectivity index (χ4n) is 2.08. The first kappa shape index (κ1) is 12.8. The van der Waals surface area contributed by atoms with Crippen LogP contribution >= 0.6 is 11.6 Å². The van der Waals surface area contributed by atoms with Crippen LogP contribution in [0.5, 0.6) is 0 Å². The van der Waals surface area contributed by atoms with E-state index in [2.05, 4.69) is 4.98 Å². The van der Waals surface area contributed by atoms with Gasteiger partial charge in [0.1, 0.15) is 11.5 Å². The van der Waals surface area contributed by atoms with Crippen LogP contribution in [0.15, 0.2) is 30.3 Å². The van der Waals surface area contributed by atoms with E-state index >= 15 is 0 Å². The van der Waals surface area contributed by atoms with Gasteiger partial charge in [0.05, 0.1) is 16.1 Å². The van der Waals surface area contributed by atoms with E-state index in [1.54, 1.807) is 18.2 Å². The maximum Gasteiger partial charge on any atom is 0.206 e. The molecule has 2 N–H and O–H groups in total. The van der Waals surface area contributed by atoms with Gasteiger partial charge in [0, 0.05) is 12.1 Å². The summed E-state index contributed by atoms with van der Waals surface area (Å²) in [6, 6.07) is 5.92. The van der Waals surface area contributed by atoms with E-state index in [4.69, 9.17) is 17.3 Å². The Balaban J connectivity index is 2.44. The quantitative estimate of drug-likeness (QED) is 0.744. The van der Waals surface area contributed by atoms with Crippen molar-refractivity contribution < 1.29 is 13.2 Å². The first-order valence-electron chi connectivity index (χ1n) is 5.56. The van der Waals surface area contributed by atoms with Crippen molar-refractivity contribution in [2.75, 3.05) is 5.73 Å². The van der Waals surface area contributed by atoms with Gasteiger partial charge in [0.25, 0.3) is 0 Å². The summed E-state index contributed by atoms with van der Waals surface area (Å²) in [7, 11) is 0. The van der Waals surface area contributed by atoms with E-state index < -0.39 is 23.1 Å². The smallest absolute Gasteiger partial charge is 0.206 e. The van der Waals surface area contributed by atoms with E-state index in [9.17, 15) is 13.2 Å². The van der Waals surface area contributed by atoms with Gasteiger partial charge in [-0.2, -0.15) is 0 Å². The van der Waals surface area contributed by atoms with E-state index in [-0.39, 0.29) is 16.5 Å². The fraction of sp³-hybridized carbons (Fsp3) is 0. The van der Waals surface area contributed by atoms with Gasteiger partial charge in [-0.25, -0.2) is 18.2 Å². The molecule has 1 heterocycles. The summed E-state index contributed by atoms with van der Waals surface area (Å²) < 4.78 is 41.8. The van der Waals surface area contributed by atoms with Crippen LogP contribution in [0.25, 0.3) is 16.7 Å². The van der Waals surface area contributed by atoms with Crippen LogP contribution in [0, 0.1) is 17.5 Å². The molecule has 7 heteroatoms. The number of rotatable bonds is 1. The summed E-state index contributed by atoms with van der Waals surface area (Å²) in [6.45, 7) is 0. The molecule has 0 aliphatic rings. The lowest BCUT2D eigenvalue weighted by atomic mass is 10.2. The number of nitrogen functional groups attached to an aromatic ring is 1. The molecule has 3 rings (SSSR count). The number of halogens is 4. The maximum absolute atomic E-state index is 13.9.